The molecule has 0 aliphatic heterocycles. The van der Waals surface area contributed by atoms with E-state index in [1.54, 1.807) is 0 Å². The number of amides is 1. The first-order chi connectivity index (χ1) is 7.50. The third kappa shape index (κ3) is 3.85. The zero-order chi connectivity index (χ0) is 12.1. The highest BCUT2D eigenvalue weighted by molar-refractivity contribution is 9.10. The molecule has 1 N–H and O–H groups in total. The van der Waals surface area contributed by atoms with Gasteiger partial charge in [0.2, 0.25) is 5.91 Å². The third-order valence-electron chi connectivity index (χ3n) is 2.28. The van der Waals surface area contributed by atoms with Crippen LogP contribution in [0.4, 0.5) is 5.69 Å². The lowest BCUT2D eigenvalue weighted by atomic mass is 10.2. The minimum Gasteiger partial charge on any atom is -0.378 e. The second-order valence-corrected chi connectivity index (χ2v) is 5.27. The molecule has 0 aliphatic rings. The monoisotopic (exact) mass is 284 g/mol. The summed E-state index contributed by atoms with van der Waals surface area (Å²) in [5, 5.41) is 2.85. The van der Waals surface area contributed by atoms with Crippen LogP contribution in [-0.2, 0) is 11.3 Å². The number of halogens is 1. The third-order valence-corrected chi connectivity index (χ3v) is 2.70. The summed E-state index contributed by atoms with van der Waals surface area (Å²) >= 11 is 3.23. The van der Waals surface area contributed by atoms with Gasteiger partial charge in [0.05, 0.1) is 4.83 Å². The van der Waals surface area contributed by atoms with Crippen molar-refractivity contribution < 1.29 is 4.79 Å². The van der Waals surface area contributed by atoms with Crippen molar-refractivity contribution in [3.63, 3.8) is 0 Å². The maximum Gasteiger partial charge on any atom is 0.233 e. The van der Waals surface area contributed by atoms with Gasteiger partial charge in [-0.25, -0.2) is 0 Å². The summed E-state index contributed by atoms with van der Waals surface area (Å²) in [7, 11) is 4.01. The van der Waals surface area contributed by atoms with Gasteiger partial charge < -0.3 is 10.2 Å². The molecular weight excluding hydrogens is 268 g/mol. The van der Waals surface area contributed by atoms with Crippen LogP contribution >= 0.6 is 15.9 Å². The Morgan fingerprint density at radius 1 is 1.38 bits per heavy atom. The Labute approximate surface area is 105 Å². The van der Waals surface area contributed by atoms with Gasteiger partial charge in [0.15, 0.2) is 0 Å². The van der Waals surface area contributed by atoms with Gasteiger partial charge in [-0.05, 0) is 24.6 Å². The molecule has 88 valence electrons. The molecule has 1 aromatic carbocycles. The van der Waals surface area contributed by atoms with Gasteiger partial charge in [-0.3, -0.25) is 4.79 Å². The van der Waals surface area contributed by atoms with E-state index in [9.17, 15) is 4.79 Å². The van der Waals surface area contributed by atoms with Gasteiger partial charge in [-0.15, -0.1) is 0 Å². The van der Waals surface area contributed by atoms with E-state index >= 15 is 0 Å². The lowest BCUT2D eigenvalue weighted by Crippen LogP contribution is -2.28. The van der Waals surface area contributed by atoms with Gasteiger partial charge in [0, 0.05) is 26.3 Å². The highest BCUT2D eigenvalue weighted by Gasteiger charge is 2.07. The normalized spacial score (nSPS) is 12.0. The molecule has 16 heavy (non-hydrogen) atoms. The van der Waals surface area contributed by atoms with E-state index in [4.69, 9.17) is 0 Å². The highest BCUT2D eigenvalue weighted by atomic mass is 79.9. The van der Waals surface area contributed by atoms with Crippen molar-refractivity contribution in [1.29, 1.82) is 0 Å². The van der Waals surface area contributed by atoms with Crippen LogP contribution in [0.3, 0.4) is 0 Å². The maximum absolute atomic E-state index is 11.3. The van der Waals surface area contributed by atoms with Crippen molar-refractivity contribution in [2.24, 2.45) is 0 Å². The Kier molecular flexibility index (Phi) is 4.80. The lowest BCUT2D eigenvalue weighted by Gasteiger charge is -2.13. The van der Waals surface area contributed by atoms with Crippen LogP contribution in [0.25, 0.3) is 0 Å². The van der Waals surface area contributed by atoms with Crippen molar-refractivity contribution in [3.8, 4) is 0 Å². The zero-order valence-electron chi connectivity index (χ0n) is 9.83. The summed E-state index contributed by atoms with van der Waals surface area (Å²) in [6, 6.07) is 8.13. The molecule has 1 amide bonds. The lowest BCUT2D eigenvalue weighted by molar-refractivity contribution is -0.120. The predicted octanol–water partition coefficient (Wildman–Crippen LogP) is 2.15. The molecule has 0 heterocycles. The summed E-state index contributed by atoms with van der Waals surface area (Å²) in [4.78, 5) is 13.2. The van der Waals surface area contributed by atoms with Crippen LogP contribution in [0.2, 0.25) is 0 Å². The van der Waals surface area contributed by atoms with E-state index in [1.165, 1.54) is 0 Å². The largest absolute Gasteiger partial charge is 0.378 e. The first-order valence-electron chi connectivity index (χ1n) is 5.18. The van der Waals surface area contributed by atoms with Gasteiger partial charge in [-0.2, -0.15) is 0 Å². The number of carbonyl (C=O) groups excluding carboxylic acids is 1. The summed E-state index contributed by atoms with van der Waals surface area (Å²) in [5.41, 5.74) is 2.26. The quantitative estimate of drug-likeness (QED) is 0.860. The van der Waals surface area contributed by atoms with Gasteiger partial charge >= 0.3 is 0 Å². The Hall–Kier alpha value is -1.03. The number of nitrogens with zero attached hydrogens (tertiary/aromatic N) is 1. The minimum atomic E-state index is -0.145. The fourth-order valence-electron chi connectivity index (χ4n) is 1.24. The second kappa shape index (κ2) is 5.89. The van der Waals surface area contributed by atoms with Crippen LogP contribution in [0.5, 0.6) is 0 Å². The molecule has 0 aromatic heterocycles. The van der Waals surface area contributed by atoms with Crippen LogP contribution < -0.4 is 10.2 Å². The molecule has 1 atom stereocenters. The number of alkyl halides is 1. The fraction of sp³-hybridized carbons (Fsp3) is 0.417. The molecule has 3 nitrogen and oxygen atoms in total. The van der Waals surface area contributed by atoms with Crippen molar-refractivity contribution in [1.82, 2.24) is 5.32 Å². The van der Waals surface area contributed by atoms with Crippen molar-refractivity contribution in [2.45, 2.75) is 18.3 Å². The molecular formula is C12H17BrN2O. The molecule has 0 saturated heterocycles. The highest BCUT2D eigenvalue weighted by Crippen LogP contribution is 2.12. The Morgan fingerprint density at radius 2 is 1.94 bits per heavy atom. The van der Waals surface area contributed by atoms with E-state index in [-0.39, 0.29) is 10.7 Å². The summed E-state index contributed by atoms with van der Waals surface area (Å²) < 4.78 is 0. The number of anilines is 1. The van der Waals surface area contributed by atoms with Crippen molar-refractivity contribution >= 4 is 27.5 Å². The molecule has 4 heteroatoms. The number of carbonyl (C=O) groups is 1. The molecule has 0 bridgehead atoms. The second-order valence-electron chi connectivity index (χ2n) is 3.89. The number of hydrogen-bond acceptors (Lipinski definition) is 2. The van der Waals surface area contributed by atoms with E-state index in [0.29, 0.717) is 6.54 Å². The standard InChI is InChI=1S/C12H17BrN2O/c1-9(13)12(16)14-8-10-4-6-11(7-5-10)15(2)3/h4-7,9H,8H2,1-3H3,(H,14,16). The Morgan fingerprint density at radius 3 is 2.38 bits per heavy atom. The van der Waals surface area contributed by atoms with E-state index < -0.39 is 0 Å². The molecule has 0 aliphatic carbocycles. The van der Waals surface area contributed by atoms with Crippen LogP contribution in [0.15, 0.2) is 24.3 Å². The molecule has 0 saturated carbocycles. The number of hydrogen-bond donors (Lipinski definition) is 1. The van der Waals surface area contributed by atoms with Crippen LogP contribution in [0.1, 0.15) is 12.5 Å². The van der Waals surface area contributed by atoms with Crippen LogP contribution in [0, 0.1) is 0 Å². The van der Waals surface area contributed by atoms with Gasteiger partial charge in [0.1, 0.15) is 0 Å². The molecule has 1 unspecified atom stereocenters. The Balaban J connectivity index is 2.53. The van der Waals surface area contributed by atoms with Crippen molar-refractivity contribution in [3.05, 3.63) is 29.8 Å². The van der Waals surface area contributed by atoms with E-state index in [0.717, 1.165) is 11.3 Å². The first kappa shape index (κ1) is 13.0. The molecule has 0 radical (unpaired) electrons. The van der Waals surface area contributed by atoms with Crippen molar-refractivity contribution in [2.75, 3.05) is 19.0 Å². The summed E-state index contributed by atoms with van der Waals surface area (Å²) in [6.07, 6.45) is 0. The maximum atomic E-state index is 11.3. The van der Waals surface area contributed by atoms with Crippen LogP contribution in [-0.4, -0.2) is 24.8 Å². The van der Waals surface area contributed by atoms with E-state index in [2.05, 4.69) is 21.2 Å². The average Bonchev–Trinajstić information content (AvgIpc) is 2.26. The summed E-state index contributed by atoms with van der Waals surface area (Å²) in [5.74, 6) is 0.0108. The zero-order valence-corrected chi connectivity index (χ0v) is 11.4. The topological polar surface area (TPSA) is 32.3 Å². The predicted molar refractivity (Wildman–Crippen MR) is 71.0 cm³/mol. The molecule has 1 rings (SSSR count). The molecule has 1 aromatic rings. The fourth-order valence-corrected chi connectivity index (χ4v) is 1.40. The molecule has 0 fully saturated rings. The Bertz CT molecular complexity index is 347. The number of nitrogens with one attached hydrogen (secondary N) is 1. The van der Waals surface area contributed by atoms with E-state index in [1.807, 2.05) is 50.2 Å². The average molecular weight is 285 g/mol. The first-order valence-corrected chi connectivity index (χ1v) is 6.10. The molecule has 0 spiro atoms. The number of rotatable bonds is 4. The van der Waals surface area contributed by atoms with Gasteiger partial charge in [0.25, 0.3) is 0 Å². The summed E-state index contributed by atoms with van der Waals surface area (Å²) in [6.45, 7) is 2.38. The SMILES string of the molecule is CC(Br)C(=O)NCc1ccc(N(C)C)cc1. The number of benzene rings is 1. The van der Waals surface area contributed by atoms with Gasteiger partial charge in [-0.1, -0.05) is 28.1 Å². The smallest absolute Gasteiger partial charge is 0.233 e. The minimum absolute atomic E-state index is 0.0108.